The Balaban J connectivity index is 1.60. The van der Waals surface area contributed by atoms with Crippen molar-refractivity contribution in [3.63, 3.8) is 0 Å². The Kier molecular flexibility index (Phi) is 5.96. The fraction of sp³-hybridized carbons (Fsp3) is 0.500. The number of amides is 1. The van der Waals surface area contributed by atoms with Crippen molar-refractivity contribution >= 4 is 23.4 Å². The van der Waals surface area contributed by atoms with E-state index in [2.05, 4.69) is 27.0 Å². The summed E-state index contributed by atoms with van der Waals surface area (Å²) in [6.07, 6.45) is 4.93. The second kappa shape index (κ2) is 8.38. The Morgan fingerprint density at radius 3 is 2.88 bits per heavy atom. The van der Waals surface area contributed by atoms with Gasteiger partial charge < -0.3 is 14.6 Å². The van der Waals surface area contributed by atoms with Crippen LogP contribution in [0.3, 0.4) is 0 Å². The highest BCUT2D eigenvalue weighted by molar-refractivity contribution is 7.99. The van der Waals surface area contributed by atoms with Gasteiger partial charge in [-0.25, -0.2) is 0 Å². The molecule has 0 aliphatic heterocycles. The smallest absolute Gasteiger partial charge is 0.234 e. The maximum absolute atomic E-state index is 12.2. The van der Waals surface area contributed by atoms with Crippen molar-refractivity contribution in [2.75, 3.05) is 18.2 Å². The zero-order chi connectivity index (χ0) is 17.6. The second-order valence-electron chi connectivity index (χ2n) is 6.14. The molecule has 1 N–H and O–H groups in total. The Morgan fingerprint density at radius 2 is 2.16 bits per heavy atom. The van der Waals surface area contributed by atoms with Crippen LogP contribution in [0.2, 0.25) is 0 Å². The van der Waals surface area contributed by atoms with E-state index in [1.165, 1.54) is 37.4 Å². The maximum atomic E-state index is 12.2. The van der Waals surface area contributed by atoms with Crippen LogP contribution in [-0.4, -0.2) is 33.5 Å². The first kappa shape index (κ1) is 17.8. The van der Waals surface area contributed by atoms with Crippen LogP contribution < -0.4 is 10.1 Å². The van der Waals surface area contributed by atoms with Crippen LogP contribution in [0, 0.1) is 0 Å². The van der Waals surface area contributed by atoms with Crippen LogP contribution >= 0.6 is 11.8 Å². The van der Waals surface area contributed by atoms with Crippen LogP contribution in [0.25, 0.3) is 0 Å². The molecule has 0 unspecified atom stereocenters. The van der Waals surface area contributed by atoms with E-state index < -0.39 is 0 Å². The zero-order valence-corrected chi connectivity index (χ0v) is 15.5. The van der Waals surface area contributed by atoms with Gasteiger partial charge in [-0.3, -0.25) is 4.79 Å². The molecule has 1 heterocycles. The highest BCUT2D eigenvalue weighted by atomic mass is 32.2. The molecule has 1 aliphatic carbocycles. The Hall–Kier alpha value is -2.02. The van der Waals surface area contributed by atoms with E-state index in [1.54, 1.807) is 13.2 Å². The third-order valence-electron chi connectivity index (χ3n) is 4.47. The second-order valence-corrected chi connectivity index (χ2v) is 7.08. The highest BCUT2D eigenvalue weighted by Crippen LogP contribution is 2.34. The molecular weight excluding hydrogens is 336 g/mol. The molecule has 0 bridgehead atoms. The van der Waals surface area contributed by atoms with Crippen LogP contribution in [0.4, 0.5) is 5.69 Å². The van der Waals surface area contributed by atoms with Gasteiger partial charge >= 0.3 is 0 Å². The summed E-state index contributed by atoms with van der Waals surface area (Å²) < 4.78 is 7.32. The molecule has 0 atom stereocenters. The summed E-state index contributed by atoms with van der Waals surface area (Å²) in [6.45, 7) is 2.93. The van der Waals surface area contributed by atoms with Crippen LogP contribution in [0.15, 0.2) is 29.4 Å². The molecule has 3 rings (SSSR count). The van der Waals surface area contributed by atoms with Gasteiger partial charge in [-0.15, -0.1) is 10.2 Å². The number of aromatic nitrogens is 3. The van der Waals surface area contributed by atoms with Gasteiger partial charge in [-0.05, 0) is 31.9 Å². The van der Waals surface area contributed by atoms with Crippen molar-refractivity contribution in [2.45, 2.75) is 50.2 Å². The summed E-state index contributed by atoms with van der Waals surface area (Å²) in [5, 5.41) is 12.4. The molecule has 25 heavy (non-hydrogen) atoms. The first-order valence-corrected chi connectivity index (χ1v) is 9.69. The van der Waals surface area contributed by atoms with E-state index in [0.717, 1.165) is 29.0 Å². The van der Waals surface area contributed by atoms with Gasteiger partial charge in [-0.1, -0.05) is 30.7 Å². The Morgan fingerprint density at radius 1 is 1.36 bits per heavy atom. The number of anilines is 1. The lowest BCUT2D eigenvalue weighted by Gasteiger charge is -2.11. The van der Waals surface area contributed by atoms with Crippen molar-refractivity contribution in [2.24, 2.45) is 0 Å². The van der Waals surface area contributed by atoms with Crippen molar-refractivity contribution in [1.82, 2.24) is 14.8 Å². The summed E-state index contributed by atoms with van der Waals surface area (Å²) in [4.78, 5) is 12.2. The average Bonchev–Trinajstić information content (AvgIpc) is 3.29. The molecule has 1 fully saturated rings. The van der Waals surface area contributed by atoms with Crippen molar-refractivity contribution in [3.8, 4) is 5.75 Å². The number of rotatable bonds is 7. The van der Waals surface area contributed by atoms with Gasteiger partial charge in [0, 0.05) is 24.2 Å². The molecule has 7 heteroatoms. The number of hydrogen-bond acceptors (Lipinski definition) is 5. The molecule has 1 saturated carbocycles. The van der Waals surface area contributed by atoms with E-state index in [0.29, 0.717) is 11.7 Å². The Bertz CT molecular complexity index is 726. The lowest BCUT2D eigenvalue weighted by Crippen LogP contribution is -2.15. The molecule has 2 aromatic rings. The van der Waals surface area contributed by atoms with Gasteiger partial charge in [0.2, 0.25) is 5.91 Å². The fourth-order valence-corrected chi connectivity index (χ4v) is 4.03. The highest BCUT2D eigenvalue weighted by Gasteiger charge is 2.24. The molecule has 1 amide bonds. The third-order valence-corrected chi connectivity index (χ3v) is 5.43. The number of benzene rings is 1. The molecule has 0 radical (unpaired) electrons. The van der Waals surface area contributed by atoms with Crippen LogP contribution in [-0.2, 0) is 11.3 Å². The maximum Gasteiger partial charge on any atom is 0.234 e. The lowest BCUT2D eigenvalue weighted by atomic mass is 10.1. The molecule has 0 spiro atoms. The summed E-state index contributed by atoms with van der Waals surface area (Å²) >= 11 is 1.43. The van der Waals surface area contributed by atoms with Gasteiger partial charge in [0.15, 0.2) is 5.16 Å². The zero-order valence-electron chi connectivity index (χ0n) is 14.7. The van der Waals surface area contributed by atoms with E-state index in [1.807, 2.05) is 18.2 Å². The average molecular weight is 360 g/mol. The predicted molar refractivity (Wildman–Crippen MR) is 99.3 cm³/mol. The fourth-order valence-electron chi connectivity index (χ4n) is 3.22. The summed E-state index contributed by atoms with van der Waals surface area (Å²) in [5.74, 6) is 2.56. The summed E-state index contributed by atoms with van der Waals surface area (Å²) in [7, 11) is 1.61. The largest absolute Gasteiger partial charge is 0.497 e. The van der Waals surface area contributed by atoms with Gasteiger partial charge in [-0.2, -0.15) is 0 Å². The SMILES string of the molecule is CCn1c(SCC(=O)Nc2cccc(OC)c2)nnc1C1CCCC1. The normalized spacial score (nSPS) is 14.6. The molecule has 1 aromatic carbocycles. The van der Waals surface area contributed by atoms with Crippen molar-refractivity contribution < 1.29 is 9.53 Å². The van der Waals surface area contributed by atoms with Crippen molar-refractivity contribution in [3.05, 3.63) is 30.1 Å². The molecule has 6 nitrogen and oxygen atoms in total. The number of nitrogens with one attached hydrogen (secondary N) is 1. The van der Waals surface area contributed by atoms with Gasteiger partial charge in [0.05, 0.1) is 12.9 Å². The minimum atomic E-state index is -0.0636. The first-order chi connectivity index (χ1) is 12.2. The Labute approximate surface area is 152 Å². The summed E-state index contributed by atoms with van der Waals surface area (Å²) in [6, 6.07) is 7.34. The number of carbonyl (C=O) groups is 1. The lowest BCUT2D eigenvalue weighted by molar-refractivity contribution is -0.113. The van der Waals surface area contributed by atoms with Gasteiger partial charge in [0.1, 0.15) is 11.6 Å². The minimum absolute atomic E-state index is 0.0636. The predicted octanol–water partition coefficient (Wildman–Crippen LogP) is 3.70. The first-order valence-electron chi connectivity index (χ1n) is 8.71. The number of thioether (sulfide) groups is 1. The van der Waals surface area contributed by atoms with E-state index in [-0.39, 0.29) is 5.91 Å². The molecule has 134 valence electrons. The standard InChI is InChI=1S/C18H24N4O2S/c1-3-22-17(13-7-4-5-8-13)20-21-18(22)25-12-16(23)19-14-9-6-10-15(11-14)24-2/h6,9-11,13H,3-5,7-8,12H2,1-2H3,(H,19,23). The topological polar surface area (TPSA) is 69.0 Å². The van der Waals surface area contributed by atoms with Gasteiger partial charge in [0.25, 0.3) is 0 Å². The quantitative estimate of drug-likeness (QED) is 0.763. The number of methoxy groups -OCH3 is 1. The van der Waals surface area contributed by atoms with Crippen LogP contribution in [0.1, 0.15) is 44.3 Å². The van der Waals surface area contributed by atoms with E-state index in [4.69, 9.17) is 4.74 Å². The third kappa shape index (κ3) is 4.34. The molecule has 0 saturated heterocycles. The minimum Gasteiger partial charge on any atom is -0.497 e. The van der Waals surface area contributed by atoms with Crippen LogP contribution in [0.5, 0.6) is 5.75 Å². The molecular formula is C18H24N4O2S. The molecule has 1 aromatic heterocycles. The number of ether oxygens (including phenoxy) is 1. The number of nitrogens with zero attached hydrogens (tertiary/aromatic N) is 3. The molecule has 1 aliphatic rings. The van der Waals surface area contributed by atoms with Crippen molar-refractivity contribution in [1.29, 1.82) is 0 Å². The monoisotopic (exact) mass is 360 g/mol. The van der Waals surface area contributed by atoms with E-state index >= 15 is 0 Å². The number of carbonyl (C=O) groups excluding carboxylic acids is 1. The number of hydrogen-bond donors (Lipinski definition) is 1. The summed E-state index contributed by atoms with van der Waals surface area (Å²) in [5.41, 5.74) is 0.730. The van der Waals surface area contributed by atoms with E-state index in [9.17, 15) is 4.79 Å².